The Morgan fingerprint density at radius 1 is 0.974 bits per heavy atom. The van der Waals surface area contributed by atoms with Gasteiger partial charge in [0.15, 0.2) is 4.90 Å². The Bertz CT molecular complexity index is 1700. The number of rotatable bonds is 11. The maximum atomic E-state index is 13.8. The molecule has 0 saturated carbocycles. The monoisotopic (exact) mass is 588 g/mol. The van der Waals surface area contributed by atoms with Crippen molar-refractivity contribution in [2.75, 3.05) is 6.54 Å². The molecule has 0 radical (unpaired) electrons. The second-order valence-corrected chi connectivity index (χ2v) is 12.9. The van der Waals surface area contributed by atoms with Gasteiger partial charge in [-0.2, -0.15) is 4.31 Å². The van der Waals surface area contributed by atoms with Crippen molar-refractivity contribution < 1.29 is 21.8 Å². The number of nitro groups is 1. The van der Waals surface area contributed by atoms with Crippen molar-refractivity contribution in [2.45, 2.75) is 34.7 Å². The van der Waals surface area contributed by atoms with Crippen LogP contribution in [0.3, 0.4) is 0 Å². The summed E-state index contributed by atoms with van der Waals surface area (Å²) < 4.78 is 57.3. The minimum Gasteiger partial charge on any atom is -0.264 e. The van der Waals surface area contributed by atoms with Crippen molar-refractivity contribution in [3.8, 4) is 0 Å². The van der Waals surface area contributed by atoms with Gasteiger partial charge < -0.3 is 0 Å². The lowest BCUT2D eigenvalue weighted by atomic mass is 10.1. The first-order valence-electron chi connectivity index (χ1n) is 11.8. The number of benzene rings is 3. The van der Waals surface area contributed by atoms with E-state index < -0.39 is 47.1 Å². The van der Waals surface area contributed by atoms with Crippen LogP contribution >= 0.6 is 11.6 Å². The molecule has 10 nitrogen and oxygen atoms in total. The molecule has 0 aliphatic carbocycles. The number of fused-ring (bicyclic) bond motifs is 1. The van der Waals surface area contributed by atoms with E-state index in [1.54, 1.807) is 54.9 Å². The van der Waals surface area contributed by atoms with Crippen LogP contribution in [0.1, 0.15) is 12.5 Å². The number of nitrogens with one attached hydrogen (secondary N) is 1. The first-order valence-corrected chi connectivity index (χ1v) is 15.1. The fourth-order valence-corrected chi connectivity index (χ4v) is 7.64. The Kier molecular flexibility index (Phi) is 8.62. The third-order valence-corrected chi connectivity index (χ3v) is 9.96. The molecule has 0 bridgehead atoms. The van der Waals surface area contributed by atoms with Crippen LogP contribution < -0.4 is 4.72 Å². The molecule has 0 fully saturated rings. The number of nitro benzene ring substituents is 1. The highest BCUT2D eigenvalue weighted by Gasteiger charge is 2.37. The Morgan fingerprint density at radius 3 is 2.38 bits per heavy atom. The number of hydrogen-bond acceptors (Lipinski definition) is 7. The molecular formula is C26H25ClN4O6S2. The standard InChI is InChI=1S/C26H25ClN4O6S2/c1-19(29-38(34,35)23-12-11-22-17-28-14-13-21(22)16-23)18-30(26(27)15-20-7-3-2-4-8-20)39(36,37)25-10-6-5-9-24(25)31(32)33/h2-14,16-17,19,26,29H,15,18H2,1H3. The molecule has 2 atom stereocenters. The SMILES string of the molecule is CC(CN(C(Cl)Cc1ccccc1)S(=O)(=O)c1ccccc1[N+](=O)[O-])NS(=O)(=O)c1ccc2cnccc2c1. The largest absolute Gasteiger partial charge is 0.289 e. The van der Waals surface area contributed by atoms with Crippen LogP contribution in [0.5, 0.6) is 0 Å². The van der Waals surface area contributed by atoms with Crippen LogP contribution in [0, 0.1) is 10.1 Å². The van der Waals surface area contributed by atoms with E-state index >= 15 is 0 Å². The van der Waals surface area contributed by atoms with Crippen molar-refractivity contribution in [3.05, 3.63) is 107 Å². The van der Waals surface area contributed by atoms with E-state index in [0.29, 0.717) is 5.39 Å². The average Bonchev–Trinajstić information content (AvgIpc) is 2.91. The molecule has 0 saturated heterocycles. The lowest BCUT2D eigenvalue weighted by molar-refractivity contribution is -0.387. The highest BCUT2D eigenvalue weighted by molar-refractivity contribution is 7.89. The molecule has 0 aliphatic heterocycles. The number of aromatic nitrogens is 1. The first-order chi connectivity index (χ1) is 18.5. The molecule has 1 heterocycles. The topological polar surface area (TPSA) is 140 Å². The van der Waals surface area contributed by atoms with Crippen LogP contribution in [0.25, 0.3) is 10.8 Å². The van der Waals surface area contributed by atoms with Crippen molar-refractivity contribution in [3.63, 3.8) is 0 Å². The number of hydrogen-bond donors (Lipinski definition) is 1. The number of para-hydroxylation sites is 1. The summed E-state index contributed by atoms with van der Waals surface area (Å²) in [6.45, 7) is 1.11. The van der Waals surface area contributed by atoms with Gasteiger partial charge in [0.2, 0.25) is 10.0 Å². The predicted octanol–water partition coefficient (Wildman–Crippen LogP) is 4.31. The summed E-state index contributed by atoms with van der Waals surface area (Å²) in [5, 5.41) is 13.0. The average molecular weight is 589 g/mol. The van der Waals surface area contributed by atoms with Gasteiger partial charge in [0.05, 0.1) is 9.82 Å². The third kappa shape index (κ3) is 6.60. The maximum Gasteiger partial charge on any atom is 0.289 e. The second kappa shape index (κ2) is 11.8. The molecule has 13 heteroatoms. The summed E-state index contributed by atoms with van der Waals surface area (Å²) in [4.78, 5) is 14.3. The van der Waals surface area contributed by atoms with Crippen molar-refractivity contribution in [1.82, 2.24) is 14.0 Å². The van der Waals surface area contributed by atoms with Gasteiger partial charge in [-0.25, -0.2) is 21.6 Å². The van der Waals surface area contributed by atoms with Gasteiger partial charge in [0.1, 0.15) is 5.50 Å². The van der Waals surface area contributed by atoms with Gasteiger partial charge >= 0.3 is 0 Å². The van der Waals surface area contributed by atoms with E-state index in [2.05, 4.69) is 9.71 Å². The number of alkyl halides is 1. The maximum absolute atomic E-state index is 13.8. The Morgan fingerprint density at radius 2 is 1.67 bits per heavy atom. The van der Waals surface area contributed by atoms with E-state index in [1.807, 2.05) is 0 Å². The van der Waals surface area contributed by atoms with Crippen molar-refractivity contribution in [2.24, 2.45) is 0 Å². The lowest BCUT2D eigenvalue weighted by Gasteiger charge is -2.29. The van der Waals surface area contributed by atoms with Crippen molar-refractivity contribution >= 4 is 48.1 Å². The molecule has 3 aromatic carbocycles. The molecule has 2 unspecified atom stereocenters. The molecule has 0 aliphatic rings. The highest BCUT2D eigenvalue weighted by Crippen LogP contribution is 2.30. The summed E-state index contributed by atoms with van der Waals surface area (Å²) in [6.07, 6.45) is 3.24. The third-order valence-electron chi connectivity index (χ3n) is 5.94. The summed E-state index contributed by atoms with van der Waals surface area (Å²) in [6, 6.07) is 19.1. The molecule has 1 aromatic heterocycles. The highest BCUT2D eigenvalue weighted by atomic mass is 35.5. The predicted molar refractivity (Wildman–Crippen MR) is 148 cm³/mol. The van der Waals surface area contributed by atoms with E-state index in [0.717, 1.165) is 27.4 Å². The van der Waals surface area contributed by atoms with E-state index in [4.69, 9.17) is 11.6 Å². The Hall–Kier alpha value is -3.42. The number of halogens is 1. The number of pyridine rings is 1. The van der Waals surface area contributed by atoms with E-state index in [-0.39, 0.29) is 17.9 Å². The summed E-state index contributed by atoms with van der Waals surface area (Å²) in [5.74, 6) is 0. The number of nitrogens with zero attached hydrogens (tertiary/aromatic N) is 3. The summed E-state index contributed by atoms with van der Waals surface area (Å²) in [7, 11) is -8.58. The van der Waals surface area contributed by atoms with Gasteiger partial charge in [0, 0.05) is 42.9 Å². The van der Waals surface area contributed by atoms with Crippen LogP contribution in [-0.4, -0.2) is 49.1 Å². The molecule has 0 spiro atoms. The number of sulfonamides is 2. The van der Waals surface area contributed by atoms with Gasteiger partial charge in [-0.15, -0.1) is 11.6 Å². The fourth-order valence-electron chi connectivity index (χ4n) is 4.09. The van der Waals surface area contributed by atoms with E-state index in [9.17, 15) is 26.9 Å². The molecule has 4 rings (SSSR count). The molecule has 39 heavy (non-hydrogen) atoms. The molecule has 0 amide bonds. The summed E-state index contributed by atoms with van der Waals surface area (Å²) in [5.41, 5.74) is -1.04. The fraction of sp³-hybridized carbons (Fsp3) is 0.192. The van der Waals surface area contributed by atoms with Gasteiger partial charge in [0.25, 0.3) is 15.7 Å². The molecular weight excluding hydrogens is 564 g/mol. The zero-order chi connectivity index (χ0) is 28.2. The van der Waals surface area contributed by atoms with Gasteiger partial charge in [-0.3, -0.25) is 15.1 Å². The smallest absolute Gasteiger partial charge is 0.264 e. The minimum absolute atomic E-state index is 0.00661. The zero-order valence-corrected chi connectivity index (χ0v) is 23.1. The van der Waals surface area contributed by atoms with E-state index in [1.165, 1.54) is 31.2 Å². The van der Waals surface area contributed by atoms with Crippen LogP contribution in [-0.2, 0) is 26.5 Å². The Balaban J connectivity index is 1.65. The minimum atomic E-state index is -4.52. The molecule has 204 valence electrons. The molecule has 1 N–H and O–H groups in total. The molecule has 4 aromatic rings. The van der Waals surface area contributed by atoms with Crippen LogP contribution in [0.15, 0.2) is 101 Å². The van der Waals surface area contributed by atoms with Crippen molar-refractivity contribution in [1.29, 1.82) is 0 Å². The lowest BCUT2D eigenvalue weighted by Crippen LogP contribution is -2.47. The zero-order valence-electron chi connectivity index (χ0n) is 20.7. The summed E-state index contributed by atoms with van der Waals surface area (Å²) >= 11 is 6.64. The van der Waals surface area contributed by atoms with Crippen LogP contribution in [0.4, 0.5) is 5.69 Å². The quantitative estimate of drug-likeness (QED) is 0.119. The second-order valence-electron chi connectivity index (χ2n) is 8.83. The Labute approximate surface area is 231 Å². The first kappa shape index (κ1) is 28.6. The van der Waals surface area contributed by atoms with Gasteiger partial charge in [-0.1, -0.05) is 48.5 Å². The van der Waals surface area contributed by atoms with Crippen LogP contribution in [0.2, 0.25) is 0 Å². The normalized spacial score (nSPS) is 13.8. The van der Waals surface area contributed by atoms with Gasteiger partial charge in [-0.05, 0) is 42.1 Å².